The number of methoxy groups -OCH3 is 1. The van der Waals surface area contributed by atoms with Gasteiger partial charge in [-0.05, 0) is 65.3 Å². The van der Waals surface area contributed by atoms with Crippen LogP contribution in [0.4, 0.5) is 11.5 Å². The van der Waals surface area contributed by atoms with E-state index in [4.69, 9.17) is 9.47 Å². The van der Waals surface area contributed by atoms with E-state index in [1.807, 2.05) is 39.1 Å². The summed E-state index contributed by atoms with van der Waals surface area (Å²) in [6, 6.07) is 7.52. The Morgan fingerprint density at radius 2 is 2.10 bits per heavy atom. The number of ether oxygens (including phenoxy) is 2. The monoisotopic (exact) mass is 518 g/mol. The number of rotatable bonds is 6. The van der Waals surface area contributed by atoms with Gasteiger partial charge in [0.2, 0.25) is 0 Å². The Hall–Kier alpha value is -2.64. The average Bonchev–Trinajstić information content (AvgIpc) is 3.10. The summed E-state index contributed by atoms with van der Waals surface area (Å²) in [6.07, 6.45) is 2.26. The van der Waals surface area contributed by atoms with Crippen LogP contribution >= 0.6 is 22.6 Å². The van der Waals surface area contributed by atoms with Crippen molar-refractivity contribution in [3.8, 4) is 17.6 Å². The number of hydrogen-bond acceptors (Lipinski definition) is 5. The fourth-order valence-electron chi connectivity index (χ4n) is 2.88. The molecule has 0 fully saturated rings. The van der Waals surface area contributed by atoms with Gasteiger partial charge in [0.05, 0.1) is 24.0 Å². The number of carbonyl (C=O) groups excluding carboxylic acids is 1. The van der Waals surface area contributed by atoms with E-state index >= 15 is 0 Å². The summed E-state index contributed by atoms with van der Waals surface area (Å²) in [5.74, 6) is 6.23. The highest BCUT2D eigenvalue weighted by molar-refractivity contribution is 14.1. The summed E-state index contributed by atoms with van der Waals surface area (Å²) in [4.78, 5) is 19.3. The van der Waals surface area contributed by atoms with Gasteiger partial charge in [-0.15, -0.1) is 0 Å². The molecule has 1 aromatic carbocycles. The van der Waals surface area contributed by atoms with Gasteiger partial charge < -0.3 is 9.47 Å². The molecule has 0 saturated heterocycles. The van der Waals surface area contributed by atoms with Crippen molar-refractivity contribution in [2.45, 2.75) is 20.3 Å². The zero-order chi connectivity index (χ0) is 21.7. The maximum Gasteiger partial charge on any atom is 0.308 e. The molecule has 0 N–H and O–H groups in total. The molecule has 0 aliphatic heterocycles. The normalized spacial score (nSPS) is 10.6. The predicted molar refractivity (Wildman–Crippen MR) is 125 cm³/mol. The number of pyridine rings is 1. The number of hydrogen-bond donors (Lipinski definition) is 0. The number of amides is 1. The number of halogens is 1. The largest absolute Gasteiger partial charge is 0.489 e. The lowest BCUT2D eigenvalue weighted by molar-refractivity contribution is -0.112. The molecule has 2 heterocycles. The molecule has 3 rings (SSSR count). The summed E-state index contributed by atoms with van der Waals surface area (Å²) in [5, 5.41) is 4.24. The van der Waals surface area contributed by atoms with Crippen molar-refractivity contribution in [3.63, 3.8) is 0 Å². The van der Waals surface area contributed by atoms with E-state index < -0.39 is 0 Å². The maximum atomic E-state index is 13.1. The molecule has 0 aliphatic rings. The summed E-state index contributed by atoms with van der Waals surface area (Å²) in [7, 11) is 3.47. The van der Waals surface area contributed by atoms with Gasteiger partial charge >= 0.3 is 5.91 Å². The Kier molecular flexibility index (Phi) is 7.29. The molecule has 0 bridgehead atoms. The molecule has 0 unspecified atom stereocenters. The van der Waals surface area contributed by atoms with Crippen LogP contribution in [0.25, 0.3) is 11.0 Å². The minimum Gasteiger partial charge on any atom is -0.489 e. The SMILES string of the molecule is CCC#CC(=O)N(c1ccc2c(cnn2C)n1)c1cc(C)c(I)cc1OCCOC. The highest BCUT2D eigenvalue weighted by Gasteiger charge is 2.23. The summed E-state index contributed by atoms with van der Waals surface area (Å²) in [5.41, 5.74) is 3.19. The van der Waals surface area contributed by atoms with Crippen LogP contribution in [-0.4, -0.2) is 41.0 Å². The van der Waals surface area contributed by atoms with E-state index in [1.165, 1.54) is 4.90 Å². The minimum atomic E-state index is -0.371. The second kappa shape index (κ2) is 9.91. The zero-order valence-corrected chi connectivity index (χ0v) is 19.6. The van der Waals surface area contributed by atoms with Crippen molar-refractivity contribution in [1.29, 1.82) is 0 Å². The molecule has 2 aromatic heterocycles. The topological polar surface area (TPSA) is 69.5 Å². The third-order valence-corrected chi connectivity index (χ3v) is 5.58. The molecule has 156 valence electrons. The second-order valence-electron chi connectivity index (χ2n) is 6.55. The highest BCUT2D eigenvalue weighted by atomic mass is 127. The highest BCUT2D eigenvalue weighted by Crippen LogP contribution is 2.37. The Labute approximate surface area is 189 Å². The van der Waals surface area contributed by atoms with Gasteiger partial charge in [-0.1, -0.05) is 12.8 Å². The van der Waals surface area contributed by atoms with Crippen molar-refractivity contribution in [2.24, 2.45) is 7.05 Å². The molecule has 0 aliphatic carbocycles. The van der Waals surface area contributed by atoms with Crippen LogP contribution in [-0.2, 0) is 16.6 Å². The van der Waals surface area contributed by atoms with Crippen LogP contribution in [0.15, 0.2) is 30.5 Å². The van der Waals surface area contributed by atoms with Crippen molar-refractivity contribution < 1.29 is 14.3 Å². The quantitative estimate of drug-likeness (QED) is 0.281. The van der Waals surface area contributed by atoms with Gasteiger partial charge in [-0.3, -0.25) is 9.48 Å². The number of aryl methyl sites for hydroxylation is 2. The van der Waals surface area contributed by atoms with Gasteiger partial charge in [-0.25, -0.2) is 9.88 Å². The second-order valence-corrected chi connectivity index (χ2v) is 7.71. The number of anilines is 2. The first kappa shape index (κ1) is 22.1. The molecule has 8 heteroatoms. The standard InChI is InChI=1S/C22H23IN4O3/c1-5-6-7-22(28)27(21-9-8-18-17(25-21)14-24-26(18)3)19-12-15(2)16(23)13-20(19)30-11-10-29-4/h8-9,12-14H,5,10-11H2,1-4H3. The van der Waals surface area contributed by atoms with Gasteiger partial charge in [0.25, 0.3) is 0 Å². The van der Waals surface area contributed by atoms with Crippen LogP contribution in [0.5, 0.6) is 5.75 Å². The number of aromatic nitrogens is 3. The predicted octanol–water partition coefficient (Wildman–Crippen LogP) is 3.98. The third-order valence-electron chi connectivity index (χ3n) is 4.42. The number of nitrogens with zero attached hydrogens (tertiary/aromatic N) is 4. The Morgan fingerprint density at radius 3 is 2.83 bits per heavy atom. The molecule has 0 saturated carbocycles. The van der Waals surface area contributed by atoms with Crippen molar-refractivity contribution >= 4 is 51.0 Å². The lowest BCUT2D eigenvalue weighted by atomic mass is 10.1. The molecule has 0 spiro atoms. The van der Waals surface area contributed by atoms with E-state index in [9.17, 15) is 4.79 Å². The molecular formula is C22H23IN4O3. The maximum absolute atomic E-state index is 13.1. The Balaban J connectivity index is 2.16. The first-order valence-corrected chi connectivity index (χ1v) is 10.6. The molecule has 30 heavy (non-hydrogen) atoms. The smallest absolute Gasteiger partial charge is 0.308 e. The molecule has 0 atom stereocenters. The summed E-state index contributed by atoms with van der Waals surface area (Å²) < 4.78 is 13.8. The lowest BCUT2D eigenvalue weighted by Crippen LogP contribution is -2.26. The molecular weight excluding hydrogens is 495 g/mol. The van der Waals surface area contributed by atoms with Gasteiger partial charge in [-0.2, -0.15) is 5.10 Å². The van der Waals surface area contributed by atoms with Crippen molar-refractivity contribution in [1.82, 2.24) is 14.8 Å². The Bertz CT molecular complexity index is 1130. The minimum absolute atomic E-state index is 0.361. The first-order valence-electron chi connectivity index (χ1n) is 9.49. The number of fused-ring (bicyclic) bond motifs is 1. The van der Waals surface area contributed by atoms with Gasteiger partial charge in [0, 0.05) is 24.1 Å². The van der Waals surface area contributed by atoms with E-state index in [0.717, 1.165) is 14.7 Å². The molecule has 1 amide bonds. The Morgan fingerprint density at radius 1 is 1.30 bits per heavy atom. The van der Waals surface area contributed by atoms with Crippen molar-refractivity contribution in [2.75, 3.05) is 25.2 Å². The van der Waals surface area contributed by atoms with E-state index in [-0.39, 0.29) is 5.91 Å². The fourth-order valence-corrected chi connectivity index (χ4v) is 3.32. The van der Waals surface area contributed by atoms with Gasteiger partial charge in [0.15, 0.2) is 0 Å². The van der Waals surface area contributed by atoms with E-state index in [0.29, 0.717) is 42.4 Å². The van der Waals surface area contributed by atoms with Crippen LogP contribution in [0.2, 0.25) is 0 Å². The average molecular weight is 518 g/mol. The zero-order valence-electron chi connectivity index (χ0n) is 17.4. The van der Waals surface area contributed by atoms with E-state index in [1.54, 1.807) is 24.1 Å². The third kappa shape index (κ3) is 4.74. The number of carbonyl (C=O) groups is 1. The summed E-state index contributed by atoms with van der Waals surface area (Å²) >= 11 is 2.25. The fraction of sp³-hybridized carbons (Fsp3) is 0.318. The van der Waals surface area contributed by atoms with Crippen LogP contribution < -0.4 is 9.64 Å². The van der Waals surface area contributed by atoms with Crippen LogP contribution in [0.1, 0.15) is 18.9 Å². The summed E-state index contributed by atoms with van der Waals surface area (Å²) in [6.45, 7) is 4.69. The van der Waals surface area contributed by atoms with Crippen molar-refractivity contribution in [3.05, 3.63) is 39.6 Å². The molecule has 3 aromatic rings. The van der Waals surface area contributed by atoms with E-state index in [2.05, 4.69) is 44.5 Å². The van der Waals surface area contributed by atoms with Gasteiger partial charge in [0.1, 0.15) is 23.7 Å². The van der Waals surface area contributed by atoms with Crippen LogP contribution in [0, 0.1) is 22.3 Å². The lowest BCUT2D eigenvalue weighted by Gasteiger charge is -2.23. The molecule has 7 nitrogen and oxygen atoms in total. The van der Waals surface area contributed by atoms with Crippen LogP contribution in [0.3, 0.4) is 0 Å². The number of benzene rings is 1. The first-order chi connectivity index (χ1) is 14.5. The molecule has 0 radical (unpaired) electrons.